The molecule has 1 fully saturated rings. The average Bonchev–Trinajstić information content (AvgIpc) is 2.47. The summed E-state index contributed by atoms with van der Waals surface area (Å²) in [5.41, 5.74) is 1.81. The molecule has 0 aromatic heterocycles. The zero-order chi connectivity index (χ0) is 14.5. The van der Waals surface area contributed by atoms with E-state index in [1.54, 1.807) is 13.2 Å². The number of nitrogens with zero attached hydrogens (tertiary/aromatic N) is 1. The number of nitro benzene ring substituents is 1. The Morgan fingerprint density at radius 2 is 2.25 bits per heavy atom. The van der Waals surface area contributed by atoms with Gasteiger partial charge in [-0.25, -0.2) is 0 Å². The molecule has 5 nitrogen and oxygen atoms in total. The third kappa shape index (κ3) is 3.48. The smallest absolute Gasteiger partial charge is 0.274 e. The molecule has 2 unspecified atom stereocenters. The molecule has 1 aromatic rings. The zero-order valence-electron chi connectivity index (χ0n) is 12.1. The van der Waals surface area contributed by atoms with Crippen LogP contribution in [-0.2, 0) is 11.2 Å². The van der Waals surface area contributed by atoms with Crippen molar-refractivity contribution in [3.05, 3.63) is 33.9 Å². The summed E-state index contributed by atoms with van der Waals surface area (Å²) in [6.07, 6.45) is 5.25. The Morgan fingerprint density at radius 3 is 2.90 bits per heavy atom. The Balaban J connectivity index is 2.09. The predicted octanol–water partition coefficient (Wildman–Crippen LogP) is 3.53. The van der Waals surface area contributed by atoms with E-state index in [1.165, 1.54) is 0 Å². The maximum absolute atomic E-state index is 11.1. The van der Waals surface area contributed by atoms with E-state index in [9.17, 15) is 10.1 Å². The van der Waals surface area contributed by atoms with Crippen LogP contribution in [-0.4, -0.2) is 24.2 Å². The number of anilines is 1. The largest absolute Gasteiger partial charge is 0.382 e. The fourth-order valence-corrected chi connectivity index (χ4v) is 2.85. The van der Waals surface area contributed by atoms with E-state index in [2.05, 4.69) is 5.32 Å². The average molecular weight is 278 g/mol. The molecule has 0 aliphatic heterocycles. The summed E-state index contributed by atoms with van der Waals surface area (Å²) in [6.45, 7) is 1.93. The number of ether oxygens (including phenoxy) is 1. The van der Waals surface area contributed by atoms with Gasteiger partial charge in [-0.15, -0.1) is 0 Å². The summed E-state index contributed by atoms with van der Waals surface area (Å²) in [7, 11) is 1.74. The molecule has 1 N–H and O–H groups in total. The summed E-state index contributed by atoms with van der Waals surface area (Å²) < 4.78 is 5.41. The van der Waals surface area contributed by atoms with Gasteiger partial charge >= 0.3 is 0 Å². The van der Waals surface area contributed by atoms with Gasteiger partial charge in [-0.1, -0.05) is 13.0 Å². The second-order valence-corrected chi connectivity index (χ2v) is 5.32. The lowest BCUT2D eigenvalue weighted by Gasteiger charge is -2.29. The van der Waals surface area contributed by atoms with Crippen molar-refractivity contribution < 1.29 is 9.66 Å². The van der Waals surface area contributed by atoms with Crippen LogP contribution in [0.15, 0.2) is 18.2 Å². The Morgan fingerprint density at radius 1 is 1.45 bits per heavy atom. The second kappa shape index (κ2) is 6.70. The van der Waals surface area contributed by atoms with Crippen LogP contribution in [0, 0.1) is 10.1 Å². The number of hydrogen-bond acceptors (Lipinski definition) is 4. The third-order valence-corrected chi connectivity index (χ3v) is 3.99. The zero-order valence-corrected chi connectivity index (χ0v) is 12.1. The van der Waals surface area contributed by atoms with Crippen LogP contribution in [0.25, 0.3) is 0 Å². The quantitative estimate of drug-likeness (QED) is 0.661. The molecule has 0 amide bonds. The summed E-state index contributed by atoms with van der Waals surface area (Å²) in [6, 6.07) is 5.76. The lowest BCUT2D eigenvalue weighted by Crippen LogP contribution is -2.31. The van der Waals surface area contributed by atoms with E-state index in [0.717, 1.165) is 36.9 Å². The summed E-state index contributed by atoms with van der Waals surface area (Å²) in [5.74, 6) is 0. The van der Waals surface area contributed by atoms with Crippen molar-refractivity contribution in [2.45, 2.75) is 51.2 Å². The molecular weight excluding hydrogens is 256 g/mol. The Labute approximate surface area is 119 Å². The number of benzene rings is 1. The van der Waals surface area contributed by atoms with Gasteiger partial charge in [-0.3, -0.25) is 10.1 Å². The van der Waals surface area contributed by atoms with E-state index in [-0.39, 0.29) is 10.6 Å². The minimum atomic E-state index is -0.303. The Hall–Kier alpha value is -1.62. The number of methoxy groups -OCH3 is 1. The normalized spacial score (nSPS) is 22.5. The minimum absolute atomic E-state index is 0.205. The Bertz CT molecular complexity index is 476. The molecule has 0 bridgehead atoms. The van der Waals surface area contributed by atoms with Crippen molar-refractivity contribution in [2.24, 2.45) is 0 Å². The van der Waals surface area contributed by atoms with Crippen molar-refractivity contribution in [3.8, 4) is 0 Å². The molecule has 2 atom stereocenters. The van der Waals surface area contributed by atoms with E-state index in [0.29, 0.717) is 18.6 Å². The third-order valence-electron chi connectivity index (χ3n) is 3.99. The number of nitrogens with one attached hydrogen (secondary N) is 1. The minimum Gasteiger partial charge on any atom is -0.382 e. The highest BCUT2D eigenvalue weighted by molar-refractivity contribution is 5.55. The molecule has 110 valence electrons. The molecule has 0 saturated heterocycles. The van der Waals surface area contributed by atoms with Gasteiger partial charge in [0, 0.05) is 30.5 Å². The van der Waals surface area contributed by atoms with Crippen LogP contribution in [0.1, 0.15) is 38.2 Å². The van der Waals surface area contributed by atoms with Crippen LogP contribution in [0.4, 0.5) is 11.4 Å². The lowest BCUT2D eigenvalue weighted by atomic mass is 9.92. The maximum atomic E-state index is 11.1. The molecule has 0 heterocycles. The SMILES string of the molecule is CCc1ccc(NC2CCCC(OC)C2)cc1[N+](=O)[O-]. The first kappa shape index (κ1) is 14.8. The van der Waals surface area contributed by atoms with Gasteiger partial charge in [0.25, 0.3) is 5.69 Å². The van der Waals surface area contributed by atoms with Crippen molar-refractivity contribution >= 4 is 11.4 Å². The van der Waals surface area contributed by atoms with Crippen LogP contribution < -0.4 is 5.32 Å². The summed E-state index contributed by atoms with van der Waals surface area (Å²) in [4.78, 5) is 10.8. The van der Waals surface area contributed by atoms with E-state index < -0.39 is 0 Å². The summed E-state index contributed by atoms with van der Waals surface area (Å²) in [5, 5.41) is 14.5. The van der Waals surface area contributed by atoms with E-state index >= 15 is 0 Å². The molecule has 0 spiro atoms. The first-order chi connectivity index (χ1) is 9.63. The van der Waals surface area contributed by atoms with Crippen LogP contribution in [0.5, 0.6) is 0 Å². The fourth-order valence-electron chi connectivity index (χ4n) is 2.85. The van der Waals surface area contributed by atoms with E-state index in [1.807, 2.05) is 19.1 Å². The summed E-state index contributed by atoms with van der Waals surface area (Å²) >= 11 is 0. The van der Waals surface area contributed by atoms with Crippen molar-refractivity contribution in [3.63, 3.8) is 0 Å². The molecule has 2 rings (SSSR count). The molecular formula is C15H22N2O3. The Kier molecular flexibility index (Phi) is 4.95. The van der Waals surface area contributed by atoms with Crippen molar-refractivity contribution in [2.75, 3.05) is 12.4 Å². The highest BCUT2D eigenvalue weighted by Crippen LogP contribution is 2.27. The van der Waals surface area contributed by atoms with Gasteiger partial charge in [0.05, 0.1) is 11.0 Å². The number of hydrogen-bond donors (Lipinski definition) is 1. The molecule has 20 heavy (non-hydrogen) atoms. The number of nitro groups is 1. The fraction of sp³-hybridized carbons (Fsp3) is 0.600. The maximum Gasteiger partial charge on any atom is 0.274 e. The molecule has 0 radical (unpaired) electrons. The first-order valence-electron chi connectivity index (χ1n) is 7.20. The van der Waals surface area contributed by atoms with E-state index in [4.69, 9.17) is 4.74 Å². The molecule has 1 aliphatic carbocycles. The number of rotatable bonds is 5. The molecule has 5 heteroatoms. The monoisotopic (exact) mass is 278 g/mol. The second-order valence-electron chi connectivity index (χ2n) is 5.32. The highest BCUT2D eigenvalue weighted by atomic mass is 16.6. The standard InChI is InChI=1S/C15H22N2O3/c1-3-11-7-8-13(10-15(11)17(18)19)16-12-5-4-6-14(9-12)20-2/h7-8,10,12,14,16H,3-6,9H2,1-2H3. The lowest BCUT2D eigenvalue weighted by molar-refractivity contribution is -0.385. The number of aryl methyl sites for hydroxylation is 1. The van der Waals surface area contributed by atoms with Gasteiger partial charge in [0.1, 0.15) is 0 Å². The van der Waals surface area contributed by atoms with Crippen molar-refractivity contribution in [1.29, 1.82) is 0 Å². The molecule has 1 saturated carbocycles. The van der Waals surface area contributed by atoms with Crippen LogP contribution in [0.3, 0.4) is 0 Å². The van der Waals surface area contributed by atoms with Gasteiger partial charge < -0.3 is 10.1 Å². The predicted molar refractivity (Wildman–Crippen MR) is 79.2 cm³/mol. The van der Waals surface area contributed by atoms with Gasteiger partial charge in [0.15, 0.2) is 0 Å². The molecule has 1 aliphatic rings. The van der Waals surface area contributed by atoms with Gasteiger partial charge in [-0.05, 0) is 38.2 Å². The van der Waals surface area contributed by atoms with Crippen LogP contribution >= 0.6 is 0 Å². The highest BCUT2D eigenvalue weighted by Gasteiger charge is 2.22. The first-order valence-corrected chi connectivity index (χ1v) is 7.20. The molecule has 1 aromatic carbocycles. The van der Waals surface area contributed by atoms with Crippen molar-refractivity contribution in [1.82, 2.24) is 0 Å². The van der Waals surface area contributed by atoms with Gasteiger partial charge in [-0.2, -0.15) is 0 Å². The topological polar surface area (TPSA) is 64.4 Å². The van der Waals surface area contributed by atoms with Crippen LogP contribution in [0.2, 0.25) is 0 Å². The van der Waals surface area contributed by atoms with Gasteiger partial charge in [0.2, 0.25) is 0 Å².